The summed E-state index contributed by atoms with van der Waals surface area (Å²) in [6, 6.07) is 0.134. The van der Waals surface area contributed by atoms with E-state index in [4.69, 9.17) is 0 Å². The van der Waals surface area contributed by atoms with Gasteiger partial charge in [-0.05, 0) is 19.8 Å². The Morgan fingerprint density at radius 1 is 1.55 bits per heavy atom. The second-order valence-corrected chi connectivity index (χ2v) is 3.36. The van der Waals surface area contributed by atoms with Crippen molar-refractivity contribution >= 4 is 6.03 Å². The van der Waals surface area contributed by atoms with Crippen LogP contribution in [0.15, 0.2) is 0 Å². The van der Waals surface area contributed by atoms with Gasteiger partial charge >= 0.3 is 6.03 Å². The van der Waals surface area contributed by atoms with Crippen molar-refractivity contribution in [3.8, 4) is 0 Å². The van der Waals surface area contributed by atoms with Gasteiger partial charge in [0.05, 0.1) is 6.04 Å². The molecule has 62 valence electrons. The maximum Gasteiger partial charge on any atom is 0.344 e. The molecular weight excluding hydrogens is 144 g/mol. The van der Waals surface area contributed by atoms with Crippen LogP contribution in [0.25, 0.3) is 0 Å². The van der Waals surface area contributed by atoms with Crippen LogP contribution in [0.3, 0.4) is 0 Å². The van der Waals surface area contributed by atoms with Crippen LogP contribution in [-0.4, -0.2) is 39.8 Å². The van der Waals surface area contributed by atoms with Crippen molar-refractivity contribution in [2.45, 2.75) is 31.8 Å². The molecule has 2 rings (SSSR count). The summed E-state index contributed by atoms with van der Waals surface area (Å²) in [6.07, 6.45) is 1.94. The Labute approximate surface area is 65.3 Å². The van der Waals surface area contributed by atoms with Crippen LogP contribution in [0, 0.1) is 0 Å². The van der Waals surface area contributed by atoms with Crippen molar-refractivity contribution in [3.63, 3.8) is 0 Å². The Balaban J connectivity index is 2.22. The smallest absolute Gasteiger partial charge is 0.318 e. The quantitative estimate of drug-likeness (QED) is 0.524. The highest BCUT2D eigenvalue weighted by Gasteiger charge is 2.42. The van der Waals surface area contributed by atoms with Crippen LogP contribution in [0.4, 0.5) is 4.79 Å². The van der Waals surface area contributed by atoms with Crippen molar-refractivity contribution in [2.24, 2.45) is 0 Å². The highest BCUT2D eigenvalue weighted by atomic mass is 16.5. The molecule has 0 aromatic rings. The van der Waals surface area contributed by atoms with E-state index in [1.54, 1.807) is 4.90 Å². The Morgan fingerprint density at radius 3 is 2.91 bits per heavy atom. The number of nitrogens with zero attached hydrogens (tertiary/aromatic N) is 2. The van der Waals surface area contributed by atoms with E-state index in [1.807, 2.05) is 6.92 Å². The molecule has 0 unspecified atom stereocenters. The molecule has 2 saturated heterocycles. The molecule has 11 heavy (non-hydrogen) atoms. The fourth-order valence-electron chi connectivity index (χ4n) is 1.84. The second-order valence-electron chi connectivity index (χ2n) is 3.36. The van der Waals surface area contributed by atoms with Crippen molar-refractivity contribution < 1.29 is 10.0 Å². The lowest BCUT2D eigenvalue weighted by atomic mass is 10.0. The summed E-state index contributed by atoms with van der Waals surface area (Å²) < 4.78 is 0. The molecule has 2 heterocycles. The third kappa shape index (κ3) is 0.822. The number of fused-ring (bicyclic) bond motifs is 2. The van der Waals surface area contributed by atoms with Gasteiger partial charge < -0.3 is 4.90 Å². The van der Waals surface area contributed by atoms with Gasteiger partial charge in [0.1, 0.15) is 0 Å². The first-order valence-corrected chi connectivity index (χ1v) is 3.99. The minimum Gasteiger partial charge on any atom is -0.318 e. The van der Waals surface area contributed by atoms with E-state index in [2.05, 4.69) is 0 Å². The molecule has 0 spiro atoms. The molecule has 2 bridgehead atoms. The number of piperidine rings is 1. The SMILES string of the molecule is C[C@@H]1CC[C@@H]2CN1C(=O)N2O. The largest absolute Gasteiger partial charge is 0.344 e. The average Bonchev–Trinajstić information content (AvgIpc) is 2.24. The lowest BCUT2D eigenvalue weighted by molar-refractivity contribution is -0.0583. The van der Waals surface area contributed by atoms with Gasteiger partial charge in [0.2, 0.25) is 0 Å². The monoisotopic (exact) mass is 156 g/mol. The summed E-state index contributed by atoms with van der Waals surface area (Å²) in [5.74, 6) is 0. The first-order valence-electron chi connectivity index (χ1n) is 3.99. The molecule has 0 radical (unpaired) electrons. The minimum absolute atomic E-state index is 0.0544. The van der Waals surface area contributed by atoms with E-state index in [0.717, 1.165) is 17.9 Å². The summed E-state index contributed by atoms with van der Waals surface area (Å²) in [7, 11) is 0. The minimum atomic E-state index is -0.222. The molecule has 2 aliphatic heterocycles. The highest BCUT2D eigenvalue weighted by molar-refractivity contribution is 5.76. The number of hydrogen-bond acceptors (Lipinski definition) is 2. The maximum absolute atomic E-state index is 11.2. The molecule has 1 N–H and O–H groups in total. The zero-order valence-corrected chi connectivity index (χ0v) is 6.53. The van der Waals surface area contributed by atoms with E-state index in [-0.39, 0.29) is 12.1 Å². The van der Waals surface area contributed by atoms with E-state index < -0.39 is 0 Å². The molecular formula is C7H12N2O2. The first kappa shape index (κ1) is 6.91. The summed E-state index contributed by atoms with van der Waals surface area (Å²) >= 11 is 0. The van der Waals surface area contributed by atoms with Gasteiger partial charge in [-0.25, -0.2) is 9.86 Å². The Bertz CT molecular complexity index is 195. The molecule has 0 saturated carbocycles. The van der Waals surface area contributed by atoms with Gasteiger partial charge in [-0.3, -0.25) is 5.21 Å². The number of carbonyl (C=O) groups excluding carboxylic acids is 1. The lowest BCUT2D eigenvalue weighted by Gasteiger charge is -2.26. The normalized spacial score (nSPS) is 36.7. The van der Waals surface area contributed by atoms with Crippen LogP contribution < -0.4 is 0 Å². The Kier molecular flexibility index (Phi) is 1.32. The van der Waals surface area contributed by atoms with Crippen molar-refractivity contribution in [2.75, 3.05) is 6.54 Å². The van der Waals surface area contributed by atoms with Crippen molar-refractivity contribution in [1.29, 1.82) is 0 Å². The van der Waals surface area contributed by atoms with Crippen LogP contribution in [0.5, 0.6) is 0 Å². The highest BCUT2D eigenvalue weighted by Crippen LogP contribution is 2.27. The molecule has 2 aliphatic rings. The molecule has 2 atom stereocenters. The fourth-order valence-corrected chi connectivity index (χ4v) is 1.84. The maximum atomic E-state index is 11.2. The number of rotatable bonds is 0. The van der Waals surface area contributed by atoms with Gasteiger partial charge in [-0.1, -0.05) is 0 Å². The van der Waals surface area contributed by atoms with Gasteiger partial charge in [-0.15, -0.1) is 0 Å². The third-order valence-corrected chi connectivity index (χ3v) is 2.64. The molecule has 4 nitrogen and oxygen atoms in total. The predicted molar refractivity (Wildman–Crippen MR) is 38.2 cm³/mol. The summed E-state index contributed by atoms with van der Waals surface area (Å²) in [5.41, 5.74) is 0. The number of amides is 2. The number of carbonyl (C=O) groups is 1. The number of hydrogen-bond donors (Lipinski definition) is 1. The Morgan fingerprint density at radius 2 is 2.27 bits per heavy atom. The fraction of sp³-hybridized carbons (Fsp3) is 0.857. The molecule has 0 aromatic heterocycles. The summed E-state index contributed by atoms with van der Waals surface area (Å²) in [4.78, 5) is 12.9. The molecule has 0 aromatic carbocycles. The number of urea groups is 1. The summed E-state index contributed by atoms with van der Waals surface area (Å²) in [5, 5.41) is 10.1. The molecule has 0 aliphatic carbocycles. The molecule has 2 fully saturated rings. The van der Waals surface area contributed by atoms with Gasteiger partial charge in [0, 0.05) is 12.6 Å². The molecule has 2 amide bonds. The van der Waals surface area contributed by atoms with Crippen molar-refractivity contribution in [1.82, 2.24) is 9.96 Å². The van der Waals surface area contributed by atoms with E-state index in [1.165, 1.54) is 0 Å². The van der Waals surface area contributed by atoms with Crippen LogP contribution in [0.1, 0.15) is 19.8 Å². The van der Waals surface area contributed by atoms with E-state index >= 15 is 0 Å². The number of hydroxylamine groups is 2. The van der Waals surface area contributed by atoms with Crippen molar-refractivity contribution in [3.05, 3.63) is 0 Å². The standard InChI is InChI=1S/C7H12N2O2/c1-5-2-3-6-4-8(5)7(10)9(6)11/h5-6,11H,2-4H2,1H3/t5-,6-/m1/s1. The third-order valence-electron chi connectivity index (χ3n) is 2.64. The second kappa shape index (κ2) is 2.11. The first-order chi connectivity index (χ1) is 5.20. The van der Waals surface area contributed by atoms with Crippen LogP contribution in [-0.2, 0) is 0 Å². The van der Waals surface area contributed by atoms with Gasteiger partial charge in [0.15, 0.2) is 0 Å². The lowest BCUT2D eigenvalue weighted by Crippen LogP contribution is -2.37. The zero-order valence-electron chi connectivity index (χ0n) is 6.53. The van der Waals surface area contributed by atoms with E-state index in [0.29, 0.717) is 12.6 Å². The average molecular weight is 156 g/mol. The Hall–Kier alpha value is -0.770. The van der Waals surface area contributed by atoms with Crippen LogP contribution >= 0.6 is 0 Å². The summed E-state index contributed by atoms with van der Waals surface area (Å²) in [6.45, 7) is 2.73. The molecule has 4 heteroatoms. The van der Waals surface area contributed by atoms with E-state index in [9.17, 15) is 10.0 Å². The van der Waals surface area contributed by atoms with Crippen LogP contribution in [0.2, 0.25) is 0 Å². The van der Waals surface area contributed by atoms with Gasteiger partial charge in [-0.2, -0.15) is 0 Å². The predicted octanol–water partition coefficient (Wildman–Crippen LogP) is 0.664. The topological polar surface area (TPSA) is 43.8 Å². The zero-order chi connectivity index (χ0) is 8.01. The van der Waals surface area contributed by atoms with Gasteiger partial charge in [0.25, 0.3) is 0 Å².